The van der Waals surface area contributed by atoms with Crippen LogP contribution in [0.3, 0.4) is 0 Å². The fraction of sp³-hybridized carbons (Fsp3) is 0.368. The van der Waals surface area contributed by atoms with Gasteiger partial charge in [0.25, 0.3) is 5.91 Å². The minimum absolute atomic E-state index is 0.162. The Balaban J connectivity index is 1.58. The summed E-state index contributed by atoms with van der Waals surface area (Å²) in [6, 6.07) is 11.3. The van der Waals surface area contributed by atoms with Gasteiger partial charge in [0, 0.05) is 35.9 Å². The molecule has 2 heterocycles. The first kappa shape index (κ1) is 18.7. The van der Waals surface area contributed by atoms with E-state index in [4.69, 9.17) is 9.47 Å². The zero-order valence-electron chi connectivity index (χ0n) is 14.7. The highest BCUT2D eigenvalue weighted by molar-refractivity contribution is 9.10. The van der Waals surface area contributed by atoms with Gasteiger partial charge in [0.05, 0.1) is 13.2 Å². The maximum absolute atomic E-state index is 12.4. The van der Waals surface area contributed by atoms with Crippen LogP contribution in [0.25, 0.3) is 0 Å². The first-order chi connectivity index (χ1) is 12.6. The summed E-state index contributed by atoms with van der Waals surface area (Å²) in [4.78, 5) is 19.0. The molecule has 1 fully saturated rings. The molecule has 0 radical (unpaired) electrons. The van der Waals surface area contributed by atoms with Crippen LogP contribution < -0.4 is 15.0 Å². The lowest BCUT2D eigenvalue weighted by atomic mass is 10.2. The minimum Gasteiger partial charge on any atom is -0.481 e. The lowest BCUT2D eigenvalue weighted by Crippen LogP contribution is -2.39. The highest BCUT2D eigenvalue weighted by Crippen LogP contribution is 2.19. The Labute approximate surface area is 161 Å². The van der Waals surface area contributed by atoms with E-state index in [2.05, 4.69) is 31.1 Å². The summed E-state index contributed by atoms with van der Waals surface area (Å²) in [5, 5.41) is 2.94. The Hall–Kier alpha value is -2.12. The van der Waals surface area contributed by atoms with Gasteiger partial charge in [-0.15, -0.1) is 0 Å². The standard InChI is InChI=1S/C19H22BrN3O3/c1-14(26-17-6-4-16(20)5-7-17)19(24)22-13-15-3-2-8-21-18(15)23-9-11-25-12-10-23/h2-8,14H,9-13H2,1H3,(H,22,24). The number of benzene rings is 1. The number of nitrogens with zero attached hydrogens (tertiary/aromatic N) is 2. The number of pyridine rings is 1. The van der Waals surface area contributed by atoms with E-state index in [1.54, 1.807) is 13.1 Å². The van der Waals surface area contributed by atoms with Gasteiger partial charge < -0.3 is 19.7 Å². The molecule has 1 N–H and O–H groups in total. The summed E-state index contributed by atoms with van der Waals surface area (Å²) in [7, 11) is 0. The number of aromatic nitrogens is 1. The number of anilines is 1. The van der Waals surface area contributed by atoms with Gasteiger partial charge in [-0.25, -0.2) is 4.98 Å². The van der Waals surface area contributed by atoms with Crippen LogP contribution in [0.15, 0.2) is 47.1 Å². The Morgan fingerprint density at radius 3 is 2.77 bits per heavy atom. The maximum Gasteiger partial charge on any atom is 0.261 e. The van der Waals surface area contributed by atoms with Crippen LogP contribution in [0.5, 0.6) is 5.75 Å². The van der Waals surface area contributed by atoms with Crippen LogP contribution in [0.1, 0.15) is 12.5 Å². The summed E-state index contributed by atoms with van der Waals surface area (Å²) in [6.45, 7) is 5.15. The first-order valence-corrected chi connectivity index (χ1v) is 9.39. The second-order valence-electron chi connectivity index (χ2n) is 6.02. The number of amides is 1. The third kappa shape index (κ3) is 4.95. The summed E-state index contributed by atoms with van der Waals surface area (Å²) >= 11 is 3.38. The van der Waals surface area contributed by atoms with Crippen molar-refractivity contribution < 1.29 is 14.3 Å². The molecule has 26 heavy (non-hydrogen) atoms. The number of halogens is 1. The quantitative estimate of drug-likeness (QED) is 0.779. The molecule has 0 bridgehead atoms. The van der Waals surface area contributed by atoms with Crippen molar-refractivity contribution in [2.75, 3.05) is 31.2 Å². The van der Waals surface area contributed by atoms with Crippen LogP contribution in [0, 0.1) is 0 Å². The van der Waals surface area contributed by atoms with Gasteiger partial charge in [-0.1, -0.05) is 22.0 Å². The normalized spacial score (nSPS) is 15.4. The number of carbonyl (C=O) groups is 1. The molecular weight excluding hydrogens is 398 g/mol. The van der Waals surface area contributed by atoms with Gasteiger partial charge in [-0.2, -0.15) is 0 Å². The van der Waals surface area contributed by atoms with Crippen molar-refractivity contribution in [1.29, 1.82) is 0 Å². The smallest absolute Gasteiger partial charge is 0.261 e. The number of hydrogen-bond acceptors (Lipinski definition) is 5. The number of ether oxygens (including phenoxy) is 2. The molecular formula is C19H22BrN3O3. The van der Waals surface area contributed by atoms with Crippen LogP contribution in [-0.4, -0.2) is 43.3 Å². The first-order valence-electron chi connectivity index (χ1n) is 8.60. The molecule has 1 aliphatic rings. The van der Waals surface area contributed by atoms with E-state index in [1.807, 2.05) is 36.4 Å². The van der Waals surface area contributed by atoms with Crippen LogP contribution in [0.2, 0.25) is 0 Å². The average Bonchev–Trinajstić information content (AvgIpc) is 2.68. The summed E-state index contributed by atoms with van der Waals surface area (Å²) in [5.74, 6) is 1.40. The number of nitrogens with one attached hydrogen (secondary N) is 1. The van der Waals surface area contributed by atoms with Crippen molar-refractivity contribution in [1.82, 2.24) is 10.3 Å². The van der Waals surface area contributed by atoms with E-state index >= 15 is 0 Å². The number of rotatable bonds is 6. The number of carbonyl (C=O) groups excluding carboxylic acids is 1. The number of hydrogen-bond donors (Lipinski definition) is 1. The molecule has 6 nitrogen and oxygen atoms in total. The van der Waals surface area contributed by atoms with Crippen LogP contribution >= 0.6 is 15.9 Å². The lowest BCUT2D eigenvalue weighted by molar-refractivity contribution is -0.127. The molecule has 1 atom stereocenters. The fourth-order valence-corrected chi connectivity index (χ4v) is 2.99. The van der Waals surface area contributed by atoms with E-state index in [-0.39, 0.29) is 5.91 Å². The monoisotopic (exact) mass is 419 g/mol. The predicted molar refractivity (Wildman–Crippen MR) is 103 cm³/mol. The topological polar surface area (TPSA) is 63.7 Å². The molecule has 1 aromatic carbocycles. The fourth-order valence-electron chi connectivity index (χ4n) is 2.73. The third-order valence-electron chi connectivity index (χ3n) is 4.13. The van der Waals surface area contributed by atoms with E-state index in [1.165, 1.54) is 0 Å². The SMILES string of the molecule is CC(Oc1ccc(Br)cc1)C(=O)NCc1cccnc1N1CCOCC1. The summed E-state index contributed by atoms with van der Waals surface area (Å²) in [6.07, 6.45) is 1.19. The highest BCUT2D eigenvalue weighted by atomic mass is 79.9. The summed E-state index contributed by atoms with van der Waals surface area (Å²) in [5.41, 5.74) is 0.985. The molecule has 1 saturated heterocycles. The molecule has 1 unspecified atom stereocenters. The summed E-state index contributed by atoms with van der Waals surface area (Å²) < 4.78 is 12.1. The van der Waals surface area contributed by atoms with Gasteiger partial charge in [-0.05, 0) is 37.3 Å². The van der Waals surface area contributed by atoms with Crippen molar-refractivity contribution in [3.05, 3.63) is 52.6 Å². The second kappa shape index (κ2) is 9.00. The second-order valence-corrected chi connectivity index (χ2v) is 6.93. The molecule has 0 aliphatic carbocycles. The van der Waals surface area contributed by atoms with E-state index < -0.39 is 6.10 Å². The zero-order valence-corrected chi connectivity index (χ0v) is 16.2. The van der Waals surface area contributed by atoms with E-state index in [9.17, 15) is 4.79 Å². The Morgan fingerprint density at radius 1 is 1.31 bits per heavy atom. The lowest BCUT2D eigenvalue weighted by Gasteiger charge is -2.29. The molecule has 1 aromatic heterocycles. The predicted octanol–water partition coefficient (Wildman–Crippen LogP) is 2.76. The largest absolute Gasteiger partial charge is 0.481 e. The Morgan fingerprint density at radius 2 is 2.04 bits per heavy atom. The van der Waals surface area contributed by atoms with Crippen LogP contribution in [-0.2, 0) is 16.1 Å². The van der Waals surface area contributed by atoms with Crippen molar-refractivity contribution in [3.8, 4) is 5.75 Å². The van der Waals surface area contributed by atoms with Gasteiger partial charge in [0.2, 0.25) is 0 Å². The van der Waals surface area contributed by atoms with Crippen molar-refractivity contribution >= 4 is 27.7 Å². The Bertz CT molecular complexity index is 733. The minimum atomic E-state index is -0.584. The van der Waals surface area contributed by atoms with E-state index in [0.717, 1.165) is 28.9 Å². The highest BCUT2D eigenvalue weighted by Gasteiger charge is 2.18. The molecule has 1 amide bonds. The zero-order chi connectivity index (χ0) is 18.4. The van der Waals surface area contributed by atoms with Crippen molar-refractivity contribution in [2.24, 2.45) is 0 Å². The van der Waals surface area contributed by atoms with Crippen molar-refractivity contribution in [2.45, 2.75) is 19.6 Å². The number of morpholine rings is 1. The third-order valence-corrected chi connectivity index (χ3v) is 4.66. The molecule has 3 rings (SSSR count). The Kier molecular flexibility index (Phi) is 6.46. The molecule has 138 valence electrons. The molecule has 2 aromatic rings. The molecule has 0 saturated carbocycles. The van der Waals surface area contributed by atoms with Gasteiger partial charge >= 0.3 is 0 Å². The molecule has 7 heteroatoms. The van der Waals surface area contributed by atoms with Gasteiger partial charge in [0.1, 0.15) is 11.6 Å². The van der Waals surface area contributed by atoms with Gasteiger partial charge in [-0.3, -0.25) is 4.79 Å². The van der Waals surface area contributed by atoms with Crippen LogP contribution in [0.4, 0.5) is 5.82 Å². The molecule has 1 aliphatic heterocycles. The van der Waals surface area contributed by atoms with E-state index in [0.29, 0.717) is 25.5 Å². The van der Waals surface area contributed by atoms with Crippen molar-refractivity contribution in [3.63, 3.8) is 0 Å². The average molecular weight is 420 g/mol. The molecule has 0 spiro atoms. The maximum atomic E-state index is 12.4. The van der Waals surface area contributed by atoms with Gasteiger partial charge in [0.15, 0.2) is 6.10 Å².